The molecule has 0 bridgehead atoms. The van der Waals surface area contributed by atoms with E-state index in [-0.39, 0.29) is 11.8 Å². The lowest BCUT2D eigenvalue weighted by Crippen LogP contribution is -2.41. The molecular weight excluding hydrogens is 380 g/mol. The lowest BCUT2D eigenvalue weighted by atomic mass is 9.97. The van der Waals surface area contributed by atoms with E-state index in [2.05, 4.69) is 42.2 Å². The molecular formula is C19H21BrN4O. The summed E-state index contributed by atoms with van der Waals surface area (Å²) in [7, 11) is 0. The highest BCUT2D eigenvalue weighted by Gasteiger charge is 2.29. The Bertz CT molecular complexity index is 778. The number of hydrogen-bond donors (Lipinski definition) is 1. The zero-order chi connectivity index (χ0) is 17.2. The van der Waals surface area contributed by atoms with Gasteiger partial charge in [0.2, 0.25) is 5.91 Å². The molecule has 1 amide bonds. The van der Waals surface area contributed by atoms with Crippen LogP contribution in [0, 0.1) is 5.92 Å². The molecule has 1 aliphatic carbocycles. The summed E-state index contributed by atoms with van der Waals surface area (Å²) < 4.78 is 0.962. The third-order valence-corrected chi connectivity index (χ3v) is 5.37. The molecule has 130 valence electrons. The van der Waals surface area contributed by atoms with Crippen molar-refractivity contribution >= 4 is 33.3 Å². The molecule has 0 radical (unpaired) electrons. The second-order valence-electron chi connectivity index (χ2n) is 6.86. The molecule has 0 unspecified atom stereocenters. The number of aromatic nitrogens is 2. The van der Waals surface area contributed by atoms with Gasteiger partial charge in [0.15, 0.2) is 0 Å². The largest absolute Gasteiger partial charge is 0.356 e. The number of nitrogens with one attached hydrogen (secondary N) is 1. The van der Waals surface area contributed by atoms with E-state index in [1.807, 2.05) is 24.3 Å². The molecule has 1 aromatic carbocycles. The fraction of sp³-hybridized carbons (Fsp3) is 0.421. The molecule has 0 spiro atoms. The van der Waals surface area contributed by atoms with Crippen LogP contribution in [0.15, 0.2) is 41.1 Å². The van der Waals surface area contributed by atoms with E-state index >= 15 is 0 Å². The summed E-state index contributed by atoms with van der Waals surface area (Å²) in [5, 5.41) is 3.04. The number of carbonyl (C=O) groups is 1. The maximum Gasteiger partial charge on any atom is 0.229 e. The van der Waals surface area contributed by atoms with Crippen LogP contribution in [0.3, 0.4) is 0 Å². The van der Waals surface area contributed by atoms with Crippen LogP contribution in [0.4, 0.5) is 11.5 Å². The molecule has 1 aliphatic heterocycles. The standard InChI is InChI=1S/C19H21BrN4O/c20-15-4-1-5-16(9-15)23-19(25)14-3-2-8-24(11-14)18-10-17(13-6-7-13)21-12-22-18/h1,4-5,9-10,12-14H,2-3,6-8,11H2,(H,23,25)/t14-/m0/s1. The van der Waals surface area contributed by atoms with Crippen molar-refractivity contribution in [3.63, 3.8) is 0 Å². The third kappa shape index (κ3) is 4.00. The van der Waals surface area contributed by atoms with Gasteiger partial charge in [-0.3, -0.25) is 4.79 Å². The number of halogens is 1. The van der Waals surface area contributed by atoms with E-state index in [0.29, 0.717) is 12.5 Å². The smallest absolute Gasteiger partial charge is 0.229 e. The molecule has 2 aromatic rings. The van der Waals surface area contributed by atoms with Gasteiger partial charge < -0.3 is 10.2 Å². The Hall–Kier alpha value is -1.95. The molecule has 25 heavy (non-hydrogen) atoms. The van der Waals surface area contributed by atoms with Crippen LogP contribution in [0.1, 0.15) is 37.3 Å². The highest BCUT2D eigenvalue weighted by molar-refractivity contribution is 9.10. The molecule has 1 N–H and O–H groups in total. The van der Waals surface area contributed by atoms with Gasteiger partial charge in [0, 0.05) is 40.9 Å². The van der Waals surface area contributed by atoms with E-state index in [0.717, 1.165) is 41.1 Å². The van der Waals surface area contributed by atoms with Crippen LogP contribution >= 0.6 is 15.9 Å². The van der Waals surface area contributed by atoms with Gasteiger partial charge in [-0.15, -0.1) is 0 Å². The normalized spacial score (nSPS) is 20.4. The maximum atomic E-state index is 12.7. The Balaban J connectivity index is 1.43. The Morgan fingerprint density at radius 1 is 1.20 bits per heavy atom. The topological polar surface area (TPSA) is 58.1 Å². The van der Waals surface area contributed by atoms with Crippen molar-refractivity contribution in [2.75, 3.05) is 23.3 Å². The van der Waals surface area contributed by atoms with Crippen LogP contribution in [-0.4, -0.2) is 29.0 Å². The van der Waals surface area contributed by atoms with Gasteiger partial charge in [-0.25, -0.2) is 9.97 Å². The average molecular weight is 401 g/mol. The van der Waals surface area contributed by atoms with Gasteiger partial charge in [0.25, 0.3) is 0 Å². The monoisotopic (exact) mass is 400 g/mol. The number of rotatable bonds is 4. The second kappa shape index (κ2) is 7.12. The first-order valence-corrected chi connectivity index (χ1v) is 9.61. The van der Waals surface area contributed by atoms with E-state index in [1.54, 1.807) is 6.33 Å². The number of anilines is 2. The first-order chi connectivity index (χ1) is 12.2. The van der Waals surface area contributed by atoms with Crippen molar-refractivity contribution in [3.05, 3.63) is 46.8 Å². The summed E-state index contributed by atoms with van der Waals surface area (Å²) in [5.41, 5.74) is 1.97. The van der Waals surface area contributed by atoms with E-state index in [1.165, 1.54) is 12.8 Å². The minimum absolute atomic E-state index is 0.0212. The highest BCUT2D eigenvalue weighted by Crippen LogP contribution is 2.39. The molecule has 1 aromatic heterocycles. The molecule has 1 atom stereocenters. The molecule has 6 heteroatoms. The molecule has 2 fully saturated rings. The maximum absolute atomic E-state index is 12.7. The fourth-order valence-corrected chi connectivity index (χ4v) is 3.75. The first-order valence-electron chi connectivity index (χ1n) is 8.82. The Morgan fingerprint density at radius 3 is 2.88 bits per heavy atom. The Labute approximate surface area is 156 Å². The van der Waals surface area contributed by atoms with Gasteiger partial charge in [-0.2, -0.15) is 0 Å². The number of amides is 1. The summed E-state index contributed by atoms with van der Waals surface area (Å²) in [5.74, 6) is 1.63. The van der Waals surface area contributed by atoms with E-state index < -0.39 is 0 Å². The van der Waals surface area contributed by atoms with Gasteiger partial charge in [0.1, 0.15) is 12.1 Å². The Morgan fingerprint density at radius 2 is 2.08 bits per heavy atom. The molecule has 2 aliphatic rings. The Kier molecular flexibility index (Phi) is 4.70. The van der Waals surface area contributed by atoms with Crippen LogP contribution in [0.2, 0.25) is 0 Å². The molecule has 1 saturated heterocycles. The first kappa shape index (κ1) is 16.5. The van der Waals surface area contributed by atoms with Crippen LogP contribution in [0.5, 0.6) is 0 Å². The molecule has 4 rings (SSSR count). The van der Waals surface area contributed by atoms with Crippen molar-refractivity contribution in [1.82, 2.24) is 9.97 Å². The van der Waals surface area contributed by atoms with Crippen LogP contribution < -0.4 is 10.2 Å². The highest BCUT2D eigenvalue weighted by atomic mass is 79.9. The second-order valence-corrected chi connectivity index (χ2v) is 7.78. The number of piperidine rings is 1. The zero-order valence-electron chi connectivity index (χ0n) is 14.0. The lowest BCUT2D eigenvalue weighted by Gasteiger charge is -2.33. The van der Waals surface area contributed by atoms with Gasteiger partial charge in [-0.1, -0.05) is 22.0 Å². The summed E-state index contributed by atoms with van der Waals surface area (Å²) in [6.07, 6.45) is 6.03. The average Bonchev–Trinajstić information content (AvgIpc) is 3.47. The predicted octanol–water partition coefficient (Wildman–Crippen LogP) is 3.97. The van der Waals surface area contributed by atoms with Crippen molar-refractivity contribution in [1.29, 1.82) is 0 Å². The van der Waals surface area contributed by atoms with Crippen molar-refractivity contribution in [3.8, 4) is 0 Å². The summed E-state index contributed by atoms with van der Waals surface area (Å²) in [6, 6.07) is 9.81. The summed E-state index contributed by atoms with van der Waals surface area (Å²) in [4.78, 5) is 23.7. The summed E-state index contributed by atoms with van der Waals surface area (Å²) >= 11 is 3.44. The van der Waals surface area contributed by atoms with Crippen LogP contribution in [-0.2, 0) is 4.79 Å². The van der Waals surface area contributed by atoms with E-state index in [9.17, 15) is 4.79 Å². The van der Waals surface area contributed by atoms with Crippen molar-refractivity contribution in [2.45, 2.75) is 31.6 Å². The minimum Gasteiger partial charge on any atom is -0.356 e. The number of benzene rings is 1. The zero-order valence-corrected chi connectivity index (χ0v) is 15.6. The quantitative estimate of drug-likeness (QED) is 0.843. The SMILES string of the molecule is O=C(Nc1cccc(Br)c1)[C@H]1CCCN(c2cc(C3CC3)ncn2)C1. The number of hydrogen-bond acceptors (Lipinski definition) is 4. The molecule has 5 nitrogen and oxygen atoms in total. The van der Waals surface area contributed by atoms with Gasteiger partial charge in [0.05, 0.1) is 5.92 Å². The van der Waals surface area contributed by atoms with E-state index in [4.69, 9.17) is 0 Å². The third-order valence-electron chi connectivity index (χ3n) is 4.88. The minimum atomic E-state index is -0.0212. The van der Waals surface area contributed by atoms with Crippen LogP contribution in [0.25, 0.3) is 0 Å². The van der Waals surface area contributed by atoms with Gasteiger partial charge >= 0.3 is 0 Å². The molecule has 1 saturated carbocycles. The number of nitrogens with zero attached hydrogens (tertiary/aromatic N) is 3. The molecule has 2 heterocycles. The van der Waals surface area contributed by atoms with Crippen molar-refractivity contribution < 1.29 is 4.79 Å². The van der Waals surface area contributed by atoms with Gasteiger partial charge in [-0.05, 0) is 43.9 Å². The fourth-order valence-electron chi connectivity index (χ4n) is 3.35. The number of carbonyl (C=O) groups excluding carboxylic acids is 1. The summed E-state index contributed by atoms with van der Waals surface area (Å²) in [6.45, 7) is 1.66. The van der Waals surface area contributed by atoms with Crippen molar-refractivity contribution in [2.24, 2.45) is 5.92 Å². The lowest BCUT2D eigenvalue weighted by molar-refractivity contribution is -0.120. The predicted molar refractivity (Wildman–Crippen MR) is 102 cm³/mol.